The lowest BCUT2D eigenvalue weighted by atomic mass is 10.2. The van der Waals surface area contributed by atoms with Crippen molar-refractivity contribution in [1.82, 2.24) is 14.5 Å². The molecular formula is C16H20N4O8S. The van der Waals surface area contributed by atoms with Crippen LogP contribution >= 0.6 is 11.3 Å². The van der Waals surface area contributed by atoms with Gasteiger partial charge in [0.05, 0.1) is 12.2 Å². The molecule has 0 amide bonds. The molecule has 12 nitrogen and oxygen atoms in total. The fourth-order valence-corrected chi connectivity index (χ4v) is 3.77. The number of anilines is 1. The van der Waals surface area contributed by atoms with Crippen LogP contribution in [0.5, 0.6) is 0 Å². The Morgan fingerprint density at radius 2 is 2.14 bits per heavy atom. The van der Waals surface area contributed by atoms with Crippen LogP contribution in [0.4, 0.5) is 10.7 Å². The number of nitrogens with one attached hydrogen (secondary N) is 1. The molecule has 0 unspecified atom stereocenters. The number of carbonyl (C=O) groups is 2. The summed E-state index contributed by atoms with van der Waals surface area (Å²) in [5, 5.41) is 0. The lowest BCUT2D eigenvalue weighted by Crippen LogP contribution is -2.30. The number of aromatic amines is 1. The number of rotatable bonds is 5. The molecule has 1 fully saturated rings. The maximum absolute atomic E-state index is 12.5. The zero-order chi connectivity index (χ0) is 21.3. The second-order valence-corrected chi connectivity index (χ2v) is 7.56. The molecule has 158 valence electrons. The van der Waals surface area contributed by atoms with E-state index in [1.165, 1.54) is 6.92 Å². The quantitative estimate of drug-likeness (QED) is 0.641. The van der Waals surface area contributed by atoms with Crippen LogP contribution in [0.1, 0.15) is 33.4 Å². The third kappa shape index (κ3) is 4.56. The molecule has 3 heterocycles. The van der Waals surface area contributed by atoms with E-state index in [9.17, 15) is 19.2 Å². The first-order valence-electron chi connectivity index (χ1n) is 8.72. The van der Waals surface area contributed by atoms with E-state index >= 15 is 0 Å². The van der Waals surface area contributed by atoms with Gasteiger partial charge in [-0.05, 0) is 13.8 Å². The maximum Gasteiger partial charge on any atom is 0.508 e. The fraction of sp³-hybridized carbons (Fsp3) is 0.562. The molecule has 0 radical (unpaired) electrons. The Morgan fingerprint density at radius 1 is 1.41 bits per heavy atom. The normalized spacial score (nSPS) is 21.4. The summed E-state index contributed by atoms with van der Waals surface area (Å²) in [6.45, 7) is 4.40. The van der Waals surface area contributed by atoms with E-state index in [1.54, 1.807) is 13.8 Å². The van der Waals surface area contributed by atoms with Gasteiger partial charge in [0.1, 0.15) is 17.4 Å². The predicted molar refractivity (Wildman–Crippen MR) is 101 cm³/mol. The molecule has 2 aromatic heterocycles. The molecule has 0 aromatic carbocycles. The number of thiazole rings is 1. The Balaban J connectivity index is 1.88. The predicted octanol–water partition coefficient (Wildman–Crippen LogP) is 0.509. The van der Waals surface area contributed by atoms with Crippen molar-refractivity contribution < 1.29 is 28.5 Å². The van der Waals surface area contributed by atoms with Crippen LogP contribution in [0.25, 0.3) is 10.3 Å². The van der Waals surface area contributed by atoms with Crippen LogP contribution in [0.15, 0.2) is 9.59 Å². The first-order chi connectivity index (χ1) is 13.7. The van der Waals surface area contributed by atoms with Crippen LogP contribution in [-0.4, -0.2) is 51.6 Å². The maximum atomic E-state index is 12.5. The zero-order valence-corrected chi connectivity index (χ0v) is 16.7. The third-order valence-corrected chi connectivity index (χ3v) is 4.87. The Morgan fingerprint density at radius 3 is 2.79 bits per heavy atom. The fourth-order valence-electron chi connectivity index (χ4n) is 2.93. The van der Waals surface area contributed by atoms with Gasteiger partial charge in [-0.25, -0.2) is 4.79 Å². The van der Waals surface area contributed by atoms with Crippen molar-refractivity contribution in [3.63, 3.8) is 0 Å². The van der Waals surface area contributed by atoms with E-state index < -0.39 is 41.0 Å². The van der Waals surface area contributed by atoms with Gasteiger partial charge in [-0.15, -0.1) is 0 Å². The number of hydrogen-bond donors (Lipinski definition) is 2. The Hall–Kier alpha value is -2.93. The molecular weight excluding hydrogens is 408 g/mol. The monoisotopic (exact) mass is 428 g/mol. The summed E-state index contributed by atoms with van der Waals surface area (Å²) in [4.78, 5) is 53.5. The van der Waals surface area contributed by atoms with Crippen molar-refractivity contribution in [2.24, 2.45) is 0 Å². The Labute approximate surface area is 167 Å². The number of ether oxygens (including phenoxy) is 4. The summed E-state index contributed by atoms with van der Waals surface area (Å²) < 4.78 is 22.2. The van der Waals surface area contributed by atoms with Crippen LogP contribution in [0.3, 0.4) is 0 Å². The van der Waals surface area contributed by atoms with E-state index in [-0.39, 0.29) is 35.4 Å². The summed E-state index contributed by atoms with van der Waals surface area (Å²) in [5.41, 5.74) is 5.04. The van der Waals surface area contributed by atoms with Crippen LogP contribution < -0.4 is 16.2 Å². The summed E-state index contributed by atoms with van der Waals surface area (Å²) >= 11 is 0.668. The van der Waals surface area contributed by atoms with Crippen molar-refractivity contribution in [2.45, 2.75) is 51.7 Å². The van der Waals surface area contributed by atoms with Crippen molar-refractivity contribution in [2.75, 3.05) is 12.3 Å². The lowest BCUT2D eigenvalue weighted by Gasteiger charge is -2.19. The summed E-state index contributed by atoms with van der Waals surface area (Å²) in [6.07, 6.45) is -3.66. The van der Waals surface area contributed by atoms with Gasteiger partial charge in [0.15, 0.2) is 11.9 Å². The lowest BCUT2D eigenvalue weighted by molar-refractivity contribution is -0.152. The topological polar surface area (TPSA) is 165 Å². The average molecular weight is 428 g/mol. The van der Waals surface area contributed by atoms with Gasteiger partial charge < -0.3 is 24.7 Å². The highest BCUT2D eigenvalue weighted by Gasteiger charge is 2.41. The second kappa shape index (κ2) is 8.21. The molecule has 0 spiro atoms. The van der Waals surface area contributed by atoms with E-state index in [2.05, 4.69) is 9.97 Å². The van der Waals surface area contributed by atoms with Gasteiger partial charge in [-0.3, -0.25) is 23.9 Å². The molecule has 13 heteroatoms. The number of H-pyrrole nitrogens is 1. The standard InChI is InChI=1S/C16H20N4O8S/c1-6(2)26-16(24)25-5-8-4-9(27-7(3)21)13(28-8)20-11-10(29-15(20)23)12(22)19-14(17)18-11/h6,8-9,13H,4-5H2,1-3H3,(H3,17,18,19,22)/t8-,9+,13+/m0/s1. The number of nitrogens with two attached hydrogens (primary N) is 1. The molecule has 3 atom stereocenters. The van der Waals surface area contributed by atoms with Crippen LogP contribution in [0, 0.1) is 0 Å². The number of carbonyl (C=O) groups excluding carboxylic acids is 2. The largest absolute Gasteiger partial charge is 0.508 e. The average Bonchev–Trinajstić information content (AvgIpc) is 3.12. The summed E-state index contributed by atoms with van der Waals surface area (Å²) in [5.74, 6) is -0.755. The number of hydrogen-bond acceptors (Lipinski definition) is 11. The van der Waals surface area contributed by atoms with E-state index in [0.717, 1.165) is 4.57 Å². The molecule has 29 heavy (non-hydrogen) atoms. The Bertz CT molecular complexity index is 1040. The highest BCUT2D eigenvalue weighted by molar-refractivity contribution is 7.16. The summed E-state index contributed by atoms with van der Waals surface area (Å²) in [7, 11) is 0. The first kappa shape index (κ1) is 20.8. The summed E-state index contributed by atoms with van der Waals surface area (Å²) in [6, 6.07) is 0. The number of esters is 1. The highest BCUT2D eigenvalue weighted by atomic mass is 32.1. The molecule has 1 aliphatic rings. The van der Waals surface area contributed by atoms with E-state index in [4.69, 9.17) is 24.7 Å². The first-order valence-corrected chi connectivity index (χ1v) is 9.54. The number of fused-ring (bicyclic) bond motifs is 1. The van der Waals surface area contributed by atoms with Crippen molar-refractivity contribution in [3.05, 3.63) is 20.0 Å². The molecule has 0 aliphatic carbocycles. The second-order valence-electron chi connectivity index (χ2n) is 6.60. The minimum Gasteiger partial charge on any atom is -0.458 e. The molecule has 0 saturated carbocycles. The minimum atomic E-state index is -1.07. The number of nitrogens with zero attached hydrogens (tertiary/aromatic N) is 2. The smallest absolute Gasteiger partial charge is 0.458 e. The molecule has 3 rings (SSSR count). The third-order valence-electron chi connectivity index (χ3n) is 3.93. The van der Waals surface area contributed by atoms with Gasteiger partial charge in [0.25, 0.3) is 5.56 Å². The minimum absolute atomic E-state index is 0.0178. The molecule has 1 aliphatic heterocycles. The van der Waals surface area contributed by atoms with Gasteiger partial charge in [0.2, 0.25) is 5.95 Å². The number of nitrogen functional groups attached to an aromatic ring is 1. The SMILES string of the molecule is CC(=O)O[C@@H]1C[C@@H](COC(=O)OC(C)C)O[C@H]1n1c(=O)sc2c(=O)[nH]c(N)nc21. The van der Waals surface area contributed by atoms with Crippen molar-refractivity contribution in [3.8, 4) is 0 Å². The van der Waals surface area contributed by atoms with Gasteiger partial charge in [-0.2, -0.15) is 4.98 Å². The van der Waals surface area contributed by atoms with Gasteiger partial charge in [0, 0.05) is 13.3 Å². The molecule has 3 N–H and O–H groups in total. The van der Waals surface area contributed by atoms with E-state index in [1.807, 2.05) is 0 Å². The van der Waals surface area contributed by atoms with Crippen molar-refractivity contribution >= 4 is 39.8 Å². The molecule has 0 bridgehead atoms. The van der Waals surface area contributed by atoms with Gasteiger partial charge in [-0.1, -0.05) is 11.3 Å². The molecule has 2 aromatic rings. The zero-order valence-electron chi connectivity index (χ0n) is 15.9. The van der Waals surface area contributed by atoms with Crippen molar-refractivity contribution in [1.29, 1.82) is 0 Å². The van der Waals surface area contributed by atoms with E-state index in [0.29, 0.717) is 11.3 Å². The van der Waals surface area contributed by atoms with Crippen LogP contribution in [0.2, 0.25) is 0 Å². The van der Waals surface area contributed by atoms with Crippen LogP contribution in [-0.2, 0) is 23.7 Å². The highest BCUT2D eigenvalue weighted by Crippen LogP contribution is 2.33. The molecule has 1 saturated heterocycles. The van der Waals surface area contributed by atoms with Gasteiger partial charge >= 0.3 is 17.0 Å². The Kier molecular flexibility index (Phi) is 5.88. The number of aromatic nitrogens is 3.